The van der Waals surface area contributed by atoms with E-state index in [-0.39, 0.29) is 4.90 Å². The summed E-state index contributed by atoms with van der Waals surface area (Å²) in [6.07, 6.45) is 4.05. The van der Waals surface area contributed by atoms with Gasteiger partial charge in [-0.3, -0.25) is 0 Å². The van der Waals surface area contributed by atoms with E-state index in [1.807, 2.05) is 31.5 Å². The molecule has 0 amide bonds. The highest BCUT2D eigenvalue weighted by molar-refractivity contribution is 7.89. The van der Waals surface area contributed by atoms with Crippen molar-refractivity contribution in [1.29, 1.82) is 0 Å². The summed E-state index contributed by atoms with van der Waals surface area (Å²) in [5, 5.41) is 3.10. The van der Waals surface area contributed by atoms with Gasteiger partial charge in [0.2, 0.25) is 16.0 Å². The summed E-state index contributed by atoms with van der Waals surface area (Å²) in [4.78, 5) is 13.2. The standard InChI is InChI=1S/C20H26N6O3S/c1-4-29-13-5-11-23-30(27,28)17-8-6-16(7-9-17)24-20-21-12-10-18(25-20)19-14-22-15(2)26(19)3/h6-10,12,14,23H,4-5,11,13H2,1-3H3,(H,21,24,25). The SMILES string of the molecule is CCOCCCNS(=O)(=O)c1ccc(Nc2nccc(-c3cnc(C)n3C)n2)cc1. The normalized spacial score (nSPS) is 11.6. The number of anilines is 2. The molecule has 0 atom stereocenters. The Morgan fingerprint density at radius 1 is 1.13 bits per heavy atom. The second-order valence-electron chi connectivity index (χ2n) is 6.61. The van der Waals surface area contributed by atoms with Crippen LogP contribution < -0.4 is 10.0 Å². The smallest absolute Gasteiger partial charge is 0.240 e. The van der Waals surface area contributed by atoms with Crippen LogP contribution in [0, 0.1) is 6.92 Å². The van der Waals surface area contributed by atoms with Crippen molar-refractivity contribution in [1.82, 2.24) is 24.2 Å². The van der Waals surface area contributed by atoms with Crippen LogP contribution in [-0.4, -0.2) is 47.7 Å². The molecule has 3 aromatic rings. The highest BCUT2D eigenvalue weighted by Crippen LogP contribution is 2.21. The van der Waals surface area contributed by atoms with Gasteiger partial charge in [0.15, 0.2) is 0 Å². The summed E-state index contributed by atoms with van der Waals surface area (Å²) in [5.41, 5.74) is 2.31. The lowest BCUT2D eigenvalue weighted by Crippen LogP contribution is -2.25. The average molecular weight is 431 g/mol. The average Bonchev–Trinajstić information content (AvgIpc) is 3.07. The summed E-state index contributed by atoms with van der Waals surface area (Å²) < 4.78 is 34.5. The number of benzene rings is 1. The van der Waals surface area contributed by atoms with E-state index < -0.39 is 10.0 Å². The molecule has 10 heteroatoms. The number of imidazole rings is 1. The van der Waals surface area contributed by atoms with E-state index >= 15 is 0 Å². The van der Waals surface area contributed by atoms with Gasteiger partial charge in [0, 0.05) is 38.7 Å². The molecule has 0 bridgehead atoms. The molecule has 0 saturated heterocycles. The number of aromatic nitrogens is 4. The van der Waals surface area contributed by atoms with Crippen LogP contribution in [0.3, 0.4) is 0 Å². The van der Waals surface area contributed by atoms with E-state index in [0.717, 1.165) is 17.2 Å². The molecule has 0 unspecified atom stereocenters. The first-order chi connectivity index (χ1) is 14.4. The van der Waals surface area contributed by atoms with Crippen molar-refractivity contribution in [3.8, 4) is 11.4 Å². The predicted octanol–water partition coefficient (Wildman–Crippen LogP) is 2.63. The molecule has 3 rings (SSSR count). The number of ether oxygens (including phenoxy) is 1. The minimum absolute atomic E-state index is 0.199. The minimum Gasteiger partial charge on any atom is -0.382 e. The van der Waals surface area contributed by atoms with Gasteiger partial charge in [-0.1, -0.05) is 0 Å². The lowest BCUT2D eigenvalue weighted by Gasteiger charge is -2.09. The van der Waals surface area contributed by atoms with Gasteiger partial charge < -0.3 is 14.6 Å². The van der Waals surface area contributed by atoms with Crippen LogP contribution in [-0.2, 0) is 21.8 Å². The molecule has 0 aliphatic heterocycles. The maximum absolute atomic E-state index is 12.4. The molecular formula is C20H26N6O3S. The Kier molecular flexibility index (Phi) is 7.14. The Bertz CT molecular complexity index is 1080. The van der Waals surface area contributed by atoms with Crippen molar-refractivity contribution >= 4 is 21.7 Å². The molecule has 0 spiro atoms. The summed E-state index contributed by atoms with van der Waals surface area (Å²) in [6, 6.07) is 8.26. The third-order valence-corrected chi connectivity index (χ3v) is 6.00. The summed E-state index contributed by atoms with van der Waals surface area (Å²) >= 11 is 0. The molecular weight excluding hydrogens is 404 g/mol. The summed E-state index contributed by atoms with van der Waals surface area (Å²) in [6.45, 7) is 5.31. The van der Waals surface area contributed by atoms with Gasteiger partial charge in [-0.15, -0.1) is 0 Å². The maximum atomic E-state index is 12.4. The summed E-state index contributed by atoms with van der Waals surface area (Å²) in [5.74, 6) is 1.30. The molecule has 0 aliphatic rings. The second kappa shape index (κ2) is 9.79. The lowest BCUT2D eigenvalue weighted by atomic mass is 10.3. The Balaban J connectivity index is 1.66. The van der Waals surface area contributed by atoms with E-state index in [0.29, 0.717) is 37.8 Å². The van der Waals surface area contributed by atoms with Crippen molar-refractivity contribution in [2.75, 3.05) is 25.1 Å². The van der Waals surface area contributed by atoms with E-state index in [9.17, 15) is 8.42 Å². The van der Waals surface area contributed by atoms with Gasteiger partial charge in [-0.2, -0.15) is 0 Å². The molecule has 2 N–H and O–H groups in total. The predicted molar refractivity (Wildman–Crippen MR) is 115 cm³/mol. The number of rotatable bonds is 10. The van der Waals surface area contributed by atoms with Gasteiger partial charge in [0.25, 0.3) is 0 Å². The molecule has 2 heterocycles. The third kappa shape index (κ3) is 5.41. The lowest BCUT2D eigenvalue weighted by molar-refractivity contribution is 0.146. The van der Waals surface area contributed by atoms with Crippen LogP contribution in [0.25, 0.3) is 11.4 Å². The molecule has 30 heavy (non-hydrogen) atoms. The van der Waals surface area contributed by atoms with Crippen LogP contribution in [0.15, 0.2) is 47.6 Å². The quantitative estimate of drug-likeness (QED) is 0.476. The number of hydrogen-bond donors (Lipinski definition) is 2. The Hall–Kier alpha value is -2.82. The van der Waals surface area contributed by atoms with Crippen molar-refractivity contribution < 1.29 is 13.2 Å². The van der Waals surface area contributed by atoms with Gasteiger partial charge in [0.05, 0.1) is 22.5 Å². The van der Waals surface area contributed by atoms with Gasteiger partial charge in [0.1, 0.15) is 5.82 Å². The van der Waals surface area contributed by atoms with Crippen LogP contribution in [0.2, 0.25) is 0 Å². The molecule has 0 aliphatic carbocycles. The molecule has 2 aromatic heterocycles. The Morgan fingerprint density at radius 2 is 1.90 bits per heavy atom. The van der Waals surface area contributed by atoms with Crippen molar-refractivity contribution in [2.24, 2.45) is 7.05 Å². The van der Waals surface area contributed by atoms with E-state index in [4.69, 9.17) is 4.74 Å². The van der Waals surface area contributed by atoms with E-state index in [1.54, 1.807) is 36.7 Å². The molecule has 160 valence electrons. The van der Waals surface area contributed by atoms with Crippen molar-refractivity contribution in [3.05, 3.63) is 48.5 Å². The van der Waals surface area contributed by atoms with Crippen molar-refractivity contribution in [3.63, 3.8) is 0 Å². The van der Waals surface area contributed by atoms with E-state index in [1.165, 1.54) is 0 Å². The fraction of sp³-hybridized carbons (Fsp3) is 0.350. The largest absolute Gasteiger partial charge is 0.382 e. The van der Waals surface area contributed by atoms with Crippen LogP contribution >= 0.6 is 0 Å². The molecule has 1 aromatic carbocycles. The molecule has 9 nitrogen and oxygen atoms in total. The van der Waals surface area contributed by atoms with Crippen LogP contribution in [0.4, 0.5) is 11.6 Å². The zero-order valence-electron chi connectivity index (χ0n) is 17.3. The highest BCUT2D eigenvalue weighted by Gasteiger charge is 2.13. The van der Waals surface area contributed by atoms with Crippen molar-refractivity contribution in [2.45, 2.75) is 25.2 Å². The summed E-state index contributed by atoms with van der Waals surface area (Å²) in [7, 11) is -1.63. The first kappa shape index (κ1) is 21.9. The van der Waals surface area contributed by atoms with Crippen LogP contribution in [0.1, 0.15) is 19.2 Å². The van der Waals surface area contributed by atoms with Gasteiger partial charge >= 0.3 is 0 Å². The number of nitrogens with one attached hydrogen (secondary N) is 2. The van der Waals surface area contributed by atoms with Crippen LogP contribution in [0.5, 0.6) is 0 Å². The fourth-order valence-electron chi connectivity index (χ4n) is 2.76. The zero-order chi connectivity index (χ0) is 21.6. The number of hydrogen-bond acceptors (Lipinski definition) is 7. The Labute approximate surface area is 176 Å². The monoisotopic (exact) mass is 430 g/mol. The van der Waals surface area contributed by atoms with Gasteiger partial charge in [-0.25, -0.2) is 28.1 Å². The number of nitrogens with zero attached hydrogens (tertiary/aromatic N) is 4. The number of aryl methyl sites for hydroxylation is 1. The molecule has 0 saturated carbocycles. The number of sulfonamides is 1. The third-order valence-electron chi connectivity index (χ3n) is 4.52. The first-order valence-electron chi connectivity index (χ1n) is 9.67. The molecule has 0 fully saturated rings. The van der Waals surface area contributed by atoms with E-state index in [2.05, 4.69) is 25.0 Å². The zero-order valence-corrected chi connectivity index (χ0v) is 18.1. The maximum Gasteiger partial charge on any atom is 0.240 e. The highest BCUT2D eigenvalue weighted by atomic mass is 32.2. The Morgan fingerprint density at radius 3 is 2.57 bits per heavy atom. The fourth-order valence-corrected chi connectivity index (χ4v) is 3.83. The first-order valence-corrected chi connectivity index (χ1v) is 11.2. The second-order valence-corrected chi connectivity index (χ2v) is 8.38. The van der Waals surface area contributed by atoms with Gasteiger partial charge in [-0.05, 0) is 50.6 Å². The molecule has 0 radical (unpaired) electrons. The topological polar surface area (TPSA) is 111 Å². The minimum atomic E-state index is -3.56.